The summed E-state index contributed by atoms with van der Waals surface area (Å²) in [5, 5.41) is 15.1. The first kappa shape index (κ1) is 30.6. The summed E-state index contributed by atoms with van der Waals surface area (Å²) in [7, 11) is 0. The molecule has 206 valence electrons. The molecule has 0 unspecified atom stereocenters. The van der Waals surface area contributed by atoms with Gasteiger partial charge >= 0.3 is 41.1 Å². The van der Waals surface area contributed by atoms with Crippen LogP contribution in [0.4, 0.5) is 0 Å². The zero-order valence-corrected chi connectivity index (χ0v) is 26.5. The first-order chi connectivity index (χ1) is 21.4. The Morgan fingerprint density at radius 2 is 0.955 bits per heavy atom. The van der Waals surface area contributed by atoms with Crippen molar-refractivity contribution in [2.75, 3.05) is 0 Å². The van der Waals surface area contributed by atoms with Crippen molar-refractivity contribution >= 4 is 28.0 Å². The molecule has 7 aromatic rings. The van der Waals surface area contributed by atoms with E-state index < -0.39 is 6.15 Å². The summed E-state index contributed by atoms with van der Waals surface area (Å²) >= 11 is 0. The zero-order valence-electron chi connectivity index (χ0n) is 24.5. The van der Waals surface area contributed by atoms with Crippen molar-refractivity contribution in [1.82, 2.24) is 20.3 Å². The van der Waals surface area contributed by atoms with Crippen LogP contribution in [-0.2, 0) is 0 Å². The summed E-state index contributed by atoms with van der Waals surface area (Å²) in [6, 6.07) is 54.8. The number of aromatic nitrogens is 6. The fraction of sp³-hybridized carbons (Fsp3) is 0. The minimum atomic E-state index is -1.22. The smallest absolute Gasteiger partial charge is 0.253 e. The van der Waals surface area contributed by atoms with Crippen molar-refractivity contribution < 1.29 is 39.6 Å². The molecule has 0 aliphatic heterocycles. The van der Waals surface area contributed by atoms with Crippen molar-refractivity contribution in [2.45, 2.75) is 0 Å². The van der Waals surface area contributed by atoms with Gasteiger partial charge in [-0.25, -0.2) is 4.98 Å². The van der Waals surface area contributed by atoms with Gasteiger partial charge in [-0.15, -0.1) is 5.10 Å². The molecule has 7 rings (SSSR count). The molecule has 6 nitrogen and oxygen atoms in total. The summed E-state index contributed by atoms with van der Waals surface area (Å²) in [4.78, 5) is 7.21. The summed E-state index contributed by atoms with van der Waals surface area (Å²) in [5.41, 5.74) is 6.87. The van der Waals surface area contributed by atoms with Gasteiger partial charge < -0.3 is 0 Å². The second kappa shape index (κ2) is 15.1. The number of hydrogen-bond donors (Lipinski definition) is 0. The molecule has 0 bridgehead atoms. The molecule has 0 saturated heterocycles. The Kier molecular flexibility index (Phi) is 10.5. The van der Waals surface area contributed by atoms with Crippen LogP contribution in [0.1, 0.15) is 0 Å². The van der Waals surface area contributed by atoms with Crippen molar-refractivity contribution in [1.29, 1.82) is 0 Å². The third kappa shape index (κ3) is 6.71. The molecule has 0 aliphatic rings. The van der Waals surface area contributed by atoms with E-state index in [1.165, 1.54) is 21.9 Å². The molecule has 0 amide bonds. The van der Waals surface area contributed by atoms with Gasteiger partial charge in [0.15, 0.2) is 6.20 Å². The summed E-state index contributed by atoms with van der Waals surface area (Å²) < 4.78 is 0. The van der Waals surface area contributed by atoms with E-state index in [0.29, 0.717) is 17.3 Å². The number of hydrogen-bond acceptors (Lipinski definition) is 4. The van der Waals surface area contributed by atoms with E-state index in [2.05, 4.69) is 152 Å². The molecule has 44 heavy (non-hydrogen) atoms. The van der Waals surface area contributed by atoms with Crippen molar-refractivity contribution in [3.05, 3.63) is 170 Å². The molecule has 0 radical (unpaired) electrons. The quantitative estimate of drug-likeness (QED) is 0.265. The van der Waals surface area contributed by atoms with Gasteiger partial charge in [-0.3, -0.25) is 4.98 Å². The third-order valence-electron chi connectivity index (χ3n) is 7.57. The van der Waals surface area contributed by atoms with Crippen molar-refractivity contribution in [2.24, 2.45) is 0 Å². The van der Waals surface area contributed by atoms with Crippen LogP contribution in [0.25, 0.3) is 23.0 Å². The van der Waals surface area contributed by atoms with E-state index in [4.69, 9.17) is 0 Å². The van der Waals surface area contributed by atoms with Crippen LogP contribution in [-0.4, -0.2) is 26.4 Å². The third-order valence-corrected chi connectivity index (χ3v) is 7.57. The number of rotatable bonds is 6. The molecule has 8 heteroatoms. The molecule has 0 fully saturated rings. The molecule has 0 atom stereocenters. The second-order valence-electron chi connectivity index (χ2n) is 10.1. The van der Waals surface area contributed by atoms with E-state index in [1.807, 2.05) is 42.6 Å². The van der Waals surface area contributed by atoms with Gasteiger partial charge in [0.05, 0.1) is 5.10 Å². The van der Waals surface area contributed by atoms with Crippen LogP contribution in [0, 0.1) is 0 Å². The first-order valence-corrected chi connectivity index (χ1v) is 14.2. The fourth-order valence-corrected chi connectivity index (χ4v) is 5.63. The number of nitrogens with one attached hydrogen (secondary N) is 2. The van der Waals surface area contributed by atoms with Gasteiger partial charge in [0.2, 0.25) is 0 Å². The first-order valence-electron chi connectivity index (χ1n) is 14.2. The van der Waals surface area contributed by atoms with Gasteiger partial charge in [0, 0.05) is 18.3 Å². The van der Waals surface area contributed by atoms with E-state index in [0.717, 1.165) is 5.69 Å². The maximum absolute atomic E-state index is 4.16. The van der Waals surface area contributed by atoms with Gasteiger partial charge in [-0.1, -0.05) is 132 Å². The van der Waals surface area contributed by atoms with Crippen molar-refractivity contribution in [3.8, 4) is 23.0 Å². The minimum absolute atomic E-state index is 0. The molecule has 2 N–H and O–H groups in total. The van der Waals surface area contributed by atoms with Crippen LogP contribution in [0.15, 0.2) is 170 Å². The van der Waals surface area contributed by atoms with E-state index >= 15 is 0 Å². The van der Waals surface area contributed by atoms with Gasteiger partial charge in [-0.2, -0.15) is 21.9 Å². The molecule has 4 aromatic carbocycles. The predicted octanol–water partition coefficient (Wildman–Crippen LogP) is 0.297. The van der Waals surface area contributed by atoms with Crippen LogP contribution < -0.4 is 61.5 Å². The maximum Gasteiger partial charge on any atom is 1.00 e. The molecule has 0 saturated carbocycles. The van der Waals surface area contributed by atoms with E-state index in [9.17, 15) is 0 Å². The Bertz CT molecular complexity index is 1610. The molecular weight excluding hydrogens is 550 g/mol. The van der Waals surface area contributed by atoms with Crippen LogP contribution >= 0.6 is 0 Å². The van der Waals surface area contributed by atoms with E-state index in [-0.39, 0.29) is 29.6 Å². The maximum atomic E-state index is 4.16. The summed E-state index contributed by atoms with van der Waals surface area (Å²) in [6.45, 7) is 0. The summed E-state index contributed by atoms with van der Waals surface area (Å²) in [6.07, 6.45) is 2.29. The Morgan fingerprint density at radius 1 is 0.477 bits per heavy atom. The predicted molar refractivity (Wildman–Crippen MR) is 172 cm³/mol. The second-order valence-corrected chi connectivity index (χ2v) is 10.1. The Morgan fingerprint density at radius 3 is 1.34 bits per heavy atom. The largest absolute Gasteiger partial charge is 1.00 e. The average molecular weight is 580 g/mol. The van der Waals surface area contributed by atoms with Gasteiger partial charge in [-0.05, 0) is 23.3 Å². The average Bonchev–Trinajstić information content (AvgIpc) is 3.12. The Balaban J connectivity index is 0.000000179. The standard InChI is InChI=1S/C24H20B.C12H8N6.Na/c1-5-13-21(14-6-1)25(22-15-7-2-8-16-22,23-17-9-3-10-18-23)24-19-11-4-12-20-24;1-3-7-13-9(5-1)11-15-17-12(18-16-11)10-6-2-4-8-14-10;/h1-20H;1-8H;/q-1;;+1/p+2. The number of H-pyrrole nitrogens is 2. The molecule has 3 heterocycles. The number of nitrogens with zero attached hydrogens (tertiary/aromatic N) is 4. The summed E-state index contributed by atoms with van der Waals surface area (Å²) in [5.74, 6) is 1.05. The van der Waals surface area contributed by atoms with E-state index in [1.54, 1.807) is 6.20 Å². The molecule has 0 aliphatic carbocycles. The topological polar surface area (TPSA) is 79.8 Å². The van der Waals surface area contributed by atoms with Crippen LogP contribution in [0.3, 0.4) is 0 Å². The molecular formula is C36H30BN6Na+2. The number of benzene rings is 4. The fourth-order valence-electron chi connectivity index (χ4n) is 5.63. The molecule has 0 spiro atoms. The molecule has 3 aromatic heterocycles. The SMILES string of the molecule is [Na+].c1ccc(-c2nnc(-c3cccc[nH+]3)[nH+]n2)nc1.c1ccc([B-](c2ccccc2)(c2ccccc2)c2ccccc2)cc1. The number of pyridine rings is 2. The van der Waals surface area contributed by atoms with Gasteiger partial charge in [0.25, 0.3) is 5.82 Å². The zero-order chi connectivity index (χ0) is 29.2. The number of aromatic amines is 2. The monoisotopic (exact) mass is 580 g/mol. The van der Waals surface area contributed by atoms with Crippen LogP contribution in [0.2, 0.25) is 0 Å². The minimum Gasteiger partial charge on any atom is -0.253 e. The Hall–Kier alpha value is -4.82. The van der Waals surface area contributed by atoms with Gasteiger partial charge in [0.1, 0.15) is 11.8 Å². The normalized spacial score (nSPS) is 10.5. The van der Waals surface area contributed by atoms with Crippen molar-refractivity contribution in [3.63, 3.8) is 0 Å². The van der Waals surface area contributed by atoms with Crippen LogP contribution in [0.5, 0.6) is 0 Å². The Labute approximate surface area is 279 Å².